The van der Waals surface area contributed by atoms with E-state index in [4.69, 9.17) is 0 Å². The van der Waals surface area contributed by atoms with Crippen LogP contribution in [0, 0.1) is 0 Å². The number of imidazole rings is 1. The molecule has 2 heterocycles. The molecule has 2 amide bonds. The summed E-state index contributed by atoms with van der Waals surface area (Å²) in [5.41, 5.74) is 1.75. The van der Waals surface area contributed by atoms with Gasteiger partial charge in [0, 0.05) is 30.5 Å². The van der Waals surface area contributed by atoms with Crippen LogP contribution in [0.2, 0.25) is 0 Å². The van der Waals surface area contributed by atoms with Crippen LogP contribution in [0.1, 0.15) is 47.7 Å². The number of carbonyl (C=O) groups excluding carboxylic acids is 2. The molecule has 152 valence electrons. The molecular weight excluding hydrogens is 452 g/mol. The summed E-state index contributed by atoms with van der Waals surface area (Å²) in [6.45, 7) is 6.57. The van der Waals surface area contributed by atoms with E-state index in [1.54, 1.807) is 25.3 Å². The van der Waals surface area contributed by atoms with Gasteiger partial charge in [-0.05, 0) is 52.7 Å². The molecule has 0 saturated carbocycles. The van der Waals surface area contributed by atoms with Gasteiger partial charge < -0.3 is 15.2 Å². The molecule has 0 aliphatic carbocycles. The first-order chi connectivity index (χ1) is 13.8. The van der Waals surface area contributed by atoms with Crippen molar-refractivity contribution in [1.29, 1.82) is 0 Å². The van der Waals surface area contributed by atoms with Crippen LogP contribution >= 0.6 is 27.3 Å². The Hall–Kier alpha value is -2.45. The smallest absolute Gasteiger partial charge is 0.262 e. The molecule has 29 heavy (non-hydrogen) atoms. The third kappa shape index (κ3) is 5.55. The number of anilines is 1. The molecule has 2 N–H and O–H groups in total. The van der Waals surface area contributed by atoms with Crippen molar-refractivity contribution < 1.29 is 9.59 Å². The van der Waals surface area contributed by atoms with Crippen LogP contribution in [-0.2, 0) is 11.3 Å². The highest BCUT2D eigenvalue weighted by Gasteiger charge is 2.18. The van der Waals surface area contributed by atoms with Gasteiger partial charge in [-0.25, -0.2) is 4.98 Å². The third-order valence-electron chi connectivity index (χ3n) is 4.35. The molecular formula is C21H23BrN4O2S. The Morgan fingerprint density at radius 1 is 1.21 bits per heavy atom. The van der Waals surface area contributed by atoms with Gasteiger partial charge in [0.1, 0.15) is 11.9 Å². The highest BCUT2D eigenvalue weighted by atomic mass is 79.9. The van der Waals surface area contributed by atoms with Crippen LogP contribution < -0.4 is 10.6 Å². The molecule has 0 bridgehead atoms. The van der Waals surface area contributed by atoms with Crippen LogP contribution in [0.4, 0.5) is 5.69 Å². The molecule has 0 fully saturated rings. The summed E-state index contributed by atoms with van der Waals surface area (Å²) < 4.78 is 2.98. The van der Waals surface area contributed by atoms with Crippen molar-refractivity contribution >= 4 is 44.8 Å². The zero-order valence-electron chi connectivity index (χ0n) is 16.5. The van der Waals surface area contributed by atoms with Gasteiger partial charge in [0.15, 0.2) is 0 Å². The van der Waals surface area contributed by atoms with E-state index in [2.05, 4.69) is 50.0 Å². The van der Waals surface area contributed by atoms with Gasteiger partial charge in [-0.3, -0.25) is 9.59 Å². The minimum Gasteiger partial charge on any atom is -0.340 e. The van der Waals surface area contributed by atoms with Crippen molar-refractivity contribution in [1.82, 2.24) is 14.9 Å². The molecule has 8 heteroatoms. The molecule has 1 atom stereocenters. The second-order valence-corrected chi connectivity index (χ2v) is 9.52. The van der Waals surface area contributed by atoms with Crippen LogP contribution in [0.15, 0.2) is 52.6 Å². The second kappa shape index (κ2) is 9.37. The van der Waals surface area contributed by atoms with Crippen molar-refractivity contribution in [2.75, 3.05) is 5.32 Å². The highest BCUT2D eigenvalue weighted by Crippen LogP contribution is 2.22. The molecule has 0 aliphatic heterocycles. The largest absolute Gasteiger partial charge is 0.340 e. The molecule has 3 aromatic rings. The molecule has 0 aliphatic rings. The fraction of sp³-hybridized carbons (Fsp3) is 0.286. The summed E-state index contributed by atoms with van der Waals surface area (Å²) >= 11 is 4.66. The van der Waals surface area contributed by atoms with Gasteiger partial charge >= 0.3 is 0 Å². The first-order valence-electron chi connectivity index (χ1n) is 9.30. The van der Waals surface area contributed by atoms with Crippen LogP contribution in [-0.4, -0.2) is 27.4 Å². The number of benzene rings is 1. The Kier molecular flexibility index (Phi) is 6.87. The lowest BCUT2D eigenvalue weighted by Gasteiger charge is -2.15. The lowest BCUT2D eigenvalue weighted by molar-refractivity contribution is -0.117. The summed E-state index contributed by atoms with van der Waals surface area (Å²) in [5, 5.41) is 5.60. The van der Waals surface area contributed by atoms with Crippen LogP contribution in [0.5, 0.6) is 0 Å². The van der Waals surface area contributed by atoms with Crippen LogP contribution in [0.3, 0.4) is 0 Å². The second-order valence-electron chi connectivity index (χ2n) is 7.06. The fourth-order valence-corrected chi connectivity index (χ4v) is 4.21. The number of aromatic nitrogens is 2. The average Bonchev–Trinajstić information content (AvgIpc) is 3.31. The van der Waals surface area contributed by atoms with E-state index in [0.29, 0.717) is 23.0 Å². The Bertz CT molecular complexity index is 1010. The van der Waals surface area contributed by atoms with Gasteiger partial charge in [0.2, 0.25) is 5.91 Å². The van der Waals surface area contributed by atoms with E-state index >= 15 is 0 Å². The predicted octanol–water partition coefficient (Wildman–Crippen LogP) is 4.64. The normalized spacial score (nSPS) is 12.0. The van der Waals surface area contributed by atoms with E-state index in [0.717, 1.165) is 15.2 Å². The Labute approximate surface area is 182 Å². The number of carbonyl (C=O) groups is 2. The summed E-state index contributed by atoms with van der Waals surface area (Å²) in [6, 6.07) is 10.6. The Morgan fingerprint density at radius 2 is 2.00 bits per heavy atom. The maximum atomic E-state index is 12.5. The number of nitrogens with one attached hydrogen (secondary N) is 2. The summed E-state index contributed by atoms with van der Waals surface area (Å²) in [6.07, 6.45) is 3.76. The molecule has 0 spiro atoms. The predicted molar refractivity (Wildman–Crippen MR) is 119 cm³/mol. The highest BCUT2D eigenvalue weighted by molar-refractivity contribution is 9.11. The summed E-state index contributed by atoms with van der Waals surface area (Å²) in [4.78, 5) is 29.7. The number of hydrogen-bond acceptors (Lipinski definition) is 4. The first-order valence-corrected chi connectivity index (χ1v) is 10.9. The van der Waals surface area contributed by atoms with Crippen LogP contribution in [0.25, 0.3) is 0 Å². The van der Waals surface area contributed by atoms with Gasteiger partial charge in [0.25, 0.3) is 5.91 Å². The van der Waals surface area contributed by atoms with Crippen molar-refractivity contribution in [3.63, 3.8) is 0 Å². The van der Waals surface area contributed by atoms with E-state index in [1.165, 1.54) is 11.3 Å². The maximum absolute atomic E-state index is 12.5. The van der Waals surface area contributed by atoms with Crippen molar-refractivity contribution in [3.8, 4) is 0 Å². The molecule has 2 aromatic heterocycles. The van der Waals surface area contributed by atoms with E-state index in [9.17, 15) is 9.59 Å². The molecule has 0 saturated heterocycles. The molecule has 3 rings (SSSR count). The van der Waals surface area contributed by atoms with E-state index < -0.39 is 6.04 Å². The average molecular weight is 475 g/mol. The minimum atomic E-state index is -0.659. The Morgan fingerprint density at radius 3 is 2.69 bits per heavy atom. The first kappa shape index (κ1) is 21.3. The minimum absolute atomic E-state index is 0.265. The van der Waals surface area contributed by atoms with E-state index in [-0.39, 0.29) is 11.8 Å². The van der Waals surface area contributed by atoms with Gasteiger partial charge in [-0.2, -0.15) is 0 Å². The monoisotopic (exact) mass is 474 g/mol. The zero-order chi connectivity index (χ0) is 21.0. The quantitative estimate of drug-likeness (QED) is 0.523. The Balaban J connectivity index is 1.62. The van der Waals surface area contributed by atoms with Gasteiger partial charge in [0.05, 0.1) is 8.66 Å². The topological polar surface area (TPSA) is 76.0 Å². The van der Waals surface area contributed by atoms with Gasteiger partial charge in [-0.1, -0.05) is 26.0 Å². The third-order valence-corrected chi connectivity index (χ3v) is 5.97. The van der Waals surface area contributed by atoms with Gasteiger partial charge in [-0.15, -0.1) is 11.3 Å². The zero-order valence-corrected chi connectivity index (χ0v) is 18.9. The fourth-order valence-electron chi connectivity index (χ4n) is 2.92. The number of nitrogens with zero attached hydrogens (tertiary/aromatic N) is 2. The number of halogens is 1. The van der Waals surface area contributed by atoms with Crippen molar-refractivity contribution in [2.45, 2.75) is 39.3 Å². The lowest BCUT2D eigenvalue weighted by Crippen LogP contribution is -2.41. The standard InChI is InChI=1S/C21H23BrN4O2S/c1-13(2)19-23-9-10-26(19)12-15-5-4-6-16(11-15)25-20(27)14(3)24-21(28)17-7-8-18(22)29-17/h4-11,13-14H,12H2,1-3H3,(H,24,28)(H,25,27). The number of amides is 2. The SMILES string of the molecule is CC(NC(=O)c1ccc(Br)s1)C(=O)Nc1cccc(Cn2ccnc2C(C)C)c1. The summed E-state index contributed by atoms with van der Waals surface area (Å²) in [7, 11) is 0. The molecule has 0 radical (unpaired) electrons. The molecule has 1 aromatic carbocycles. The lowest BCUT2D eigenvalue weighted by atomic mass is 10.1. The number of rotatable bonds is 7. The molecule has 1 unspecified atom stereocenters. The number of hydrogen-bond donors (Lipinski definition) is 2. The number of thiophene rings is 1. The summed E-state index contributed by atoms with van der Waals surface area (Å²) in [5.74, 6) is 0.826. The van der Waals surface area contributed by atoms with E-state index in [1.807, 2.05) is 30.5 Å². The maximum Gasteiger partial charge on any atom is 0.262 e. The van der Waals surface area contributed by atoms with Crippen molar-refractivity contribution in [2.24, 2.45) is 0 Å². The molecule has 6 nitrogen and oxygen atoms in total. The van der Waals surface area contributed by atoms with Crippen molar-refractivity contribution in [3.05, 3.63) is 68.8 Å².